The van der Waals surface area contributed by atoms with Gasteiger partial charge in [0.15, 0.2) is 5.82 Å². The molecule has 1 aliphatic rings. The molecule has 1 atom stereocenters. The maximum atomic E-state index is 5.08. The number of hydrogen-bond donors (Lipinski definition) is 1. The van der Waals surface area contributed by atoms with Crippen LogP contribution in [0.1, 0.15) is 36.0 Å². The Bertz CT molecular complexity index is 579. The maximum Gasteiger partial charge on any atom is 0.223 e. The van der Waals surface area contributed by atoms with E-state index in [4.69, 9.17) is 9.05 Å². The summed E-state index contributed by atoms with van der Waals surface area (Å²) >= 11 is 0. The van der Waals surface area contributed by atoms with Crippen LogP contribution in [0.25, 0.3) is 0 Å². The highest BCUT2D eigenvalue weighted by atomic mass is 16.5. The molecule has 1 aliphatic heterocycles. The summed E-state index contributed by atoms with van der Waals surface area (Å²) in [5, 5.41) is 11.5. The standard InChI is InChI=1S/C14H21N5O2/c1-10-6-13(17-20-10)7-15-12-4-3-5-19(8-12)9-14-16-11(2)21-18-14/h6,12,15H,3-5,7-9H2,1-2H3/t12-/m1/s1. The van der Waals surface area contributed by atoms with E-state index >= 15 is 0 Å². The number of aromatic nitrogens is 3. The second-order valence-electron chi connectivity index (χ2n) is 5.61. The molecule has 7 nitrogen and oxygen atoms in total. The number of likely N-dealkylation sites (tertiary alicyclic amines) is 1. The first kappa shape index (κ1) is 14.2. The average Bonchev–Trinajstić information content (AvgIpc) is 3.06. The molecule has 7 heteroatoms. The molecule has 0 unspecified atom stereocenters. The lowest BCUT2D eigenvalue weighted by atomic mass is 10.1. The van der Waals surface area contributed by atoms with Gasteiger partial charge in [-0.2, -0.15) is 4.98 Å². The topological polar surface area (TPSA) is 80.2 Å². The van der Waals surface area contributed by atoms with Gasteiger partial charge in [0.1, 0.15) is 5.76 Å². The molecule has 0 aromatic carbocycles. The zero-order valence-electron chi connectivity index (χ0n) is 12.5. The van der Waals surface area contributed by atoms with Gasteiger partial charge in [-0.3, -0.25) is 4.90 Å². The van der Waals surface area contributed by atoms with E-state index in [-0.39, 0.29) is 0 Å². The van der Waals surface area contributed by atoms with E-state index in [2.05, 4.69) is 25.5 Å². The number of aryl methyl sites for hydroxylation is 2. The lowest BCUT2D eigenvalue weighted by Gasteiger charge is -2.32. The van der Waals surface area contributed by atoms with E-state index in [0.29, 0.717) is 11.9 Å². The highest BCUT2D eigenvalue weighted by molar-refractivity contribution is 5.03. The number of nitrogens with one attached hydrogen (secondary N) is 1. The van der Waals surface area contributed by atoms with Crippen molar-refractivity contribution in [1.82, 2.24) is 25.5 Å². The Labute approximate surface area is 123 Å². The number of hydrogen-bond acceptors (Lipinski definition) is 7. The van der Waals surface area contributed by atoms with Crippen molar-refractivity contribution in [3.63, 3.8) is 0 Å². The van der Waals surface area contributed by atoms with Crippen molar-refractivity contribution in [3.8, 4) is 0 Å². The minimum atomic E-state index is 0.462. The highest BCUT2D eigenvalue weighted by Crippen LogP contribution is 2.13. The molecule has 2 aromatic heterocycles. The Morgan fingerprint density at radius 3 is 2.95 bits per heavy atom. The van der Waals surface area contributed by atoms with Gasteiger partial charge in [0.2, 0.25) is 5.89 Å². The van der Waals surface area contributed by atoms with E-state index in [9.17, 15) is 0 Å². The van der Waals surface area contributed by atoms with Crippen molar-refractivity contribution in [3.05, 3.63) is 29.2 Å². The predicted molar refractivity (Wildman–Crippen MR) is 75.4 cm³/mol. The number of piperidine rings is 1. The van der Waals surface area contributed by atoms with Crippen molar-refractivity contribution in [2.75, 3.05) is 13.1 Å². The molecule has 2 aromatic rings. The summed E-state index contributed by atoms with van der Waals surface area (Å²) < 4.78 is 10.1. The number of rotatable bonds is 5. The number of nitrogens with zero attached hydrogens (tertiary/aromatic N) is 4. The average molecular weight is 291 g/mol. The van der Waals surface area contributed by atoms with Crippen LogP contribution in [0.5, 0.6) is 0 Å². The third-order valence-corrected chi connectivity index (χ3v) is 3.69. The van der Waals surface area contributed by atoms with Crippen LogP contribution in [-0.2, 0) is 13.1 Å². The molecule has 1 N–H and O–H groups in total. The van der Waals surface area contributed by atoms with Crippen LogP contribution in [0.2, 0.25) is 0 Å². The zero-order chi connectivity index (χ0) is 14.7. The van der Waals surface area contributed by atoms with Crippen LogP contribution in [0, 0.1) is 13.8 Å². The summed E-state index contributed by atoms with van der Waals surface area (Å²) in [7, 11) is 0. The quantitative estimate of drug-likeness (QED) is 0.892. The predicted octanol–water partition coefficient (Wildman–Crippen LogP) is 1.43. The molecule has 3 rings (SSSR count). The summed E-state index contributed by atoms with van der Waals surface area (Å²) in [4.78, 5) is 6.62. The molecule has 21 heavy (non-hydrogen) atoms. The summed E-state index contributed by atoms with van der Waals surface area (Å²) in [6.07, 6.45) is 2.35. The molecule has 1 saturated heterocycles. The second-order valence-corrected chi connectivity index (χ2v) is 5.61. The Morgan fingerprint density at radius 2 is 2.24 bits per heavy atom. The first-order valence-corrected chi connectivity index (χ1v) is 7.36. The molecule has 0 bridgehead atoms. The van der Waals surface area contributed by atoms with Gasteiger partial charge < -0.3 is 14.4 Å². The van der Waals surface area contributed by atoms with Crippen LogP contribution in [0.4, 0.5) is 0 Å². The highest BCUT2D eigenvalue weighted by Gasteiger charge is 2.21. The second kappa shape index (κ2) is 6.36. The molecular formula is C14H21N5O2. The first-order valence-electron chi connectivity index (χ1n) is 7.36. The summed E-state index contributed by atoms with van der Waals surface area (Å²) in [5.41, 5.74) is 0.957. The molecule has 0 amide bonds. The molecular weight excluding hydrogens is 270 g/mol. The smallest absolute Gasteiger partial charge is 0.223 e. The monoisotopic (exact) mass is 291 g/mol. The third-order valence-electron chi connectivity index (χ3n) is 3.69. The van der Waals surface area contributed by atoms with E-state index in [0.717, 1.165) is 43.5 Å². The Kier molecular flexibility index (Phi) is 4.31. The summed E-state index contributed by atoms with van der Waals surface area (Å²) in [6.45, 7) is 7.29. The van der Waals surface area contributed by atoms with Crippen LogP contribution in [0.15, 0.2) is 15.1 Å². The van der Waals surface area contributed by atoms with Gasteiger partial charge in [-0.25, -0.2) is 0 Å². The molecule has 0 radical (unpaired) electrons. The van der Waals surface area contributed by atoms with Gasteiger partial charge >= 0.3 is 0 Å². The van der Waals surface area contributed by atoms with Crippen LogP contribution >= 0.6 is 0 Å². The van der Waals surface area contributed by atoms with Crippen LogP contribution in [-0.4, -0.2) is 39.3 Å². The summed E-state index contributed by atoms with van der Waals surface area (Å²) in [6, 6.07) is 2.43. The molecule has 0 spiro atoms. The molecule has 3 heterocycles. The summed E-state index contributed by atoms with van der Waals surface area (Å²) in [5.74, 6) is 2.24. The minimum Gasteiger partial charge on any atom is -0.361 e. The molecule has 0 aliphatic carbocycles. The van der Waals surface area contributed by atoms with Crippen molar-refractivity contribution in [2.45, 2.75) is 45.8 Å². The normalized spacial score (nSPS) is 20.0. The van der Waals surface area contributed by atoms with Crippen molar-refractivity contribution >= 4 is 0 Å². The van der Waals surface area contributed by atoms with E-state index in [1.165, 1.54) is 12.8 Å². The fraction of sp³-hybridized carbons (Fsp3) is 0.643. The zero-order valence-corrected chi connectivity index (χ0v) is 12.5. The Morgan fingerprint density at radius 1 is 1.33 bits per heavy atom. The van der Waals surface area contributed by atoms with Gasteiger partial charge in [-0.1, -0.05) is 10.3 Å². The Balaban J connectivity index is 1.48. The van der Waals surface area contributed by atoms with Crippen LogP contribution in [0.3, 0.4) is 0 Å². The molecule has 114 valence electrons. The largest absolute Gasteiger partial charge is 0.361 e. The molecule has 1 fully saturated rings. The van der Waals surface area contributed by atoms with Gasteiger partial charge in [-0.05, 0) is 26.3 Å². The van der Waals surface area contributed by atoms with Gasteiger partial charge in [0, 0.05) is 32.1 Å². The SMILES string of the molecule is Cc1cc(CN[C@@H]2CCCN(Cc3noc(C)n3)C2)no1. The van der Waals surface area contributed by atoms with Gasteiger partial charge in [0.05, 0.1) is 12.2 Å². The first-order chi connectivity index (χ1) is 10.2. The van der Waals surface area contributed by atoms with Gasteiger partial charge in [0.25, 0.3) is 0 Å². The fourth-order valence-corrected chi connectivity index (χ4v) is 2.72. The lowest BCUT2D eigenvalue weighted by molar-refractivity contribution is 0.176. The van der Waals surface area contributed by atoms with Gasteiger partial charge in [-0.15, -0.1) is 0 Å². The lowest BCUT2D eigenvalue weighted by Crippen LogP contribution is -2.45. The van der Waals surface area contributed by atoms with E-state index < -0.39 is 0 Å². The third kappa shape index (κ3) is 3.89. The fourth-order valence-electron chi connectivity index (χ4n) is 2.72. The van der Waals surface area contributed by atoms with Crippen LogP contribution < -0.4 is 5.32 Å². The minimum absolute atomic E-state index is 0.462. The van der Waals surface area contributed by atoms with Crippen molar-refractivity contribution < 1.29 is 9.05 Å². The Hall–Kier alpha value is -1.73. The van der Waals surface area contributed by atoms with Crippen molar-refractivity contribution in [2.24, 2.45) is 0 Å². The molecule has 0 saturated carbocycles. The van der Waals surface area contributed by atoms with E-state index in [1.54, 1.807) is 0 Å². The van der Waals surface area contributed by atoms with E-state index in [1.807, 2.05) is 19.9 Å². The maximum absolute atomic E-state index is 5.08. The van der Waals surface area contributed by atoms with Crippen molar-refractivity contribution in [1.29, 1.82) is 0 Å².